The van der Waals surface area contributed by atoms with Crippen molar-refractivity contribution in [1.29, 1.82) is 0 Å². The smallest absolute Gasteiger partial charge is 0.0783 e. The molecule has 2 fully saturated rings. The number of rotatable bonds is 8. The first-order valence-corrected chi connectivity index (χ1v) is 35.8. The van der Waals surface area contributed by atoms with Crippen LogP contribution in [-0.2, 0) is 40.2 Å². The molecule has 0 atom stereocenters. The first-order valence-electron chi connectivity index (χ1n) is 27.2. The number of aromatic nitrogens is 4. The fourth-order valence-electron chi connectivity index (χ4n) is 9.94. The molecular formula is C70H64Ir2N4S2Si2-4. The van der Waals surface area contributed by atoms with Gasteiger partial charge in [0.2, 0.25) is 0 Å². The van der Waals surface area contributed by atoms with Crippen LogP contribution in [0, 0.1) is 38.1 Å². The molecule has 406 valence electrons. The molecule has 6 aromatic carbocycles. The van der Waals surface area contributed by atoms with Gasteiger partial charge in [0.05, 0.1) is 8.07 Å². The van der Waals surface area contributed by atoms with Gasteiger partial charge in [-0.2, -0.15) is 22.7 Å². The van der Waals surface area contributed by atoms with Gasteiger partial charge in [-0.1, -0.05) is 134 Å². The van der Waals surface area contributed by atoms with Crippen LogP contribution < -0.4 is 10.4 Å². The Hall–Kier alpha value is -5.91. The normalized spacial score (nSPS) is 13.0. The van der Waals surface area contributed by atoms with E-state index in [4.69, 9.17) is 9.97 Å². The Bertz CT molecular complexity index is 3910. The van der Waals surface area contributed by atoms with Gasteiger partial charge >= 0.3 is 0 Å². The van der Waals surface area contributed by atoms with Crippen molar-refractivity contribution in [2.24, 2.45) is 0 Å². The van der Waals surface area contributed by atoms with Crippen LogP contribution in [0.5, 0.6) is 0 Å². The van der Waals surface area contributed by atoms with E-state index in [0.29, 0.717) is 0 Å². The predicted molar refractivity (Wildman–Crippen MR) is 339 cm³/mol. The maximum atomic E-state index is 4.81. The van der Waals surface area contributed by atoms with Crippen molar-refractivity contribution in [3.05, 3.63) is 229 Å². The second kappa shape index (κ2) is 25.5. The molecule has 4 nitrogen and oxygen atoms in total. The zero-order chi connectivity index (χ0) is 54.0. The third-order valence-corrected chi connectivity index (χ3v) is 20.9. The van der Waals surface area contributed by atoms with E-state index in [-0.39, 0.29) is 40.2 Å². The number of thiophene rings is 2. The Balaban J connectivity index is 0.000000135. The first kappa shape index (κ1) is 58.7. The minimum absolute atomic E-state index is 0. The van der Waals surface area contributed by atoms with Gasteiger partial charge in [0.25, 0.3) is 0 Å². The topological polar surface area (TPSA) is 51.6 Å². The van der Waals surface area contributed by atoms with Crippen molar-refractivity contribution >= 4 is 89.5 Å². The van der Waals surface area contributed by atoms with Crippen LogP contribution in [-0.4, -0.2) is 36.1 Å². The molecule has 12 aromatic rings. The molecule has 0 amide bonds. The quantitative estimate of drug-likeness (QED) is 0.112. The summed E-state index contributed by atoms with van der Waals surface area (Å²) in [5.41, 5.74) is 13.6. The van der Waals surface area contributed by atoms with Gasteiger partial charge in [0, 0.05) is 82.5 Å². The molecule has 2 saturated carbocycles. The van der Waals surface area contributed by atoms with E-state index in [1.165, 1.54) is 93.5 Å². The van der Waals surface area contributed by atoms with E-state index < -0.39 is 16.1 Å². The van der Waals surface area contributed by atoms with Crippen molar-refractivity contribution in [3.63, 3.8) is 0 Å². The Morgan fingerprint density at radius 3 is 1.40 bits per heavy atom. The molecule has 2 aliphatic rings. The minimum atomic E-state index is -1.46. The third kappa shape index (κ3) is 13.5. The minimum Gasteiger partial charge on any atom is -0.304 e. The molecule has 6 heterocycles. The van der Waals surface area contributed by atoms with E-state index in [9.17, 15) is 0 Å². The van der Waals surface area contributed by atoms with Crippen LogP contribution in [0.25, 0.3) is 85.4 Å². The van der Waals surface area contributed by atoms with Crippen LogP contribution in [0.4, 0.5) is 0 Å². The van der Waals surface area contributed by atoms with Crippen molar-refractivity contribution in [1.82, 2.24) is 19.9 Å². The summed E-state index contributed by atoms with van der Waals surface area (Å²) >= 11 is 3.77. The van der Waals surface area contributed by atoms with Crippen molar-refractivity contribution in [3.8, 4) is 45.0 Å². The van der Waals surface area contributed by atoms with E-state index in [2.05, 4.69) is 183 Å². The van der Waals surface area contributed by atoms with Crippen LogP contribution in [0.1, 0.15) is 59.8 Å². The van der Waals surface area contributed by atoms with Crippen LogP contribution in [0.2, 0.25) is 39.3 Å². The summed E-state index contributed by atoms with van der Waals surface area (Å²) < 4.78 is 5.41. The van der Waals surface area contributed by atoms with Crippen LogP contribution in [0.3, 0.4) is 0 Å². The summed E-state index contributed by atoms with van der Waals surface area (Å²) in [6.45, 7) is 18.6. The second-order valence-corrected chi connectivity index (χ2v) is 34.9. The first-order chi connectivity index (χ1) is 37.8. The number of hydrogen-bond acceptors (Lipinski definition) is 6. The van der Waals surface area contributed by atoms with Gasteiger partial charge in [-0.25, -0.2) is 0 Å². The predicted octanol–water partition coefficient (Wildman–Crippen LogP) is 18.4. The van der Waals surface area contributed by atoms with E-state index in [1.54, 1.807) is 5.19 Å². The average Bonchev–Trinajstić information content (AvgIpc) is 4.58. The summed E-state index contributed by atoms with van der Waals surface area (Å²) in [5.74, 6) is 1.50. The number of nitrogens with zero attached hydrogens (tertiary/aromatic N) is 4. The Morgan fingerprint density at radius 2 is 0.912 bits per heavy atom. The molecule has 6 aromatic heterocycles. The fourth-order valence-corrected chi connectivity index (χ4v) is 15.7. The molecule has 10 heteroatoms. The van der Waals surface area contributed by atoms with Crippen LogP contribution in [0.15, 0.2) is 183 Å². The number of benzene rings is 6. The van der Waals surface area contributed by atoms with Gasteiger partial charge < -0.3 is 19.9 Å². The molecule has 80 heavy (non-hydrogen) atoms. The molecule has 0 bridgehead atoms. The molecule has 0 unspecified atom stereocenters. The Morgan fingerprint density at radius 1 is 0.412 bits per heavy atom. The van der Waals surface area contributed by atoms with Gasteiger partial charge in [-0.3, -0.25) is 0 Å². The Labute approximate surface area is 510 Å². The summed E-state index contributed by atoms with van der Waals surface area (Å²) in [4.78, 5) is 18.2. The third-order valence-electron chi connectivity index (χ3n) is 14.5. The number of hydrogen-bond donors (Lipinski definition) is 0. The van der Waals surface area contributed by atoms with Crippen molar-refractivity contribution in [2.45, 2.75) is 90.6 Å². The van der Waals surface area contributed by atoms with E-state index in [0.717, 1.165) is 56.9 Å². The molecular weight excluding hydrogens is 1400 g/mol. The Kier molecular flexibility index (Phi) is 18.7. The SMILES string of the molecule is C[Si](C)(C)c1c[c-]c(-c2ccc(C3CC3)cn2)c2sc3ccccc3c12.C[Si](C)(C)c1cccc2sc3c(-c4ccc(C5CC5)cn4)[c-]ccc3c12.Cc1ccc(-c2[c-]cccc2)nc1.Cc1ccc(-c2[c-]cccc2)nc1.[Ir].[Ir]. The summed E-state index contributed by atoms with van der Waals surface area (Å²) in [7, 11) is -2.87. The number of aryl methyl sites for hydroxylation is 2. The summed E-state index contributed by atoms with van der Waals surface area (Å²) in [5, 5.41) is 8.70. The molecule has 0 saturated heterocycles. The monoisotopic (exact) mass is 1470 g/mol. The van der Waals surface area contributed by atoms with Gasteiger partial charge in [0.15, 0.2) is 0 Å². The second-order valence-electron chi connectivity index (χ2n) is 22.8. The summed E-state index contributed by atoms with van der Waals surface area (Å²) in [6, 6.07) is 68.3. The standard InChI is InChI=1S/2C23H22NSSi.2C12H10N.2Ir/c1-26(2,3)21-9-5-8-20-22(21)18-7-4-6-17(23(18)25-20)19-13-12-16(14-24-19)15-10-11-15;1-26(2,3)21-13-11-17(19-12-10-16(14-24-19)15-8-9-15)23-22(21)18-6-4-5-7-20(18)25-23;2*1-10-7-8-12(13-9-10)11-5-3-2-4-6-11;;/h4-5,7-9,12-15H,10-11H2,1-3H3;4-7,10,12-15H,8-9H2,1-3H3;2*2-5,7-9H,1H3;;/q4*-1;;. The molecule has 0 aliphatic heterocycles. The summed E-state index contributed by atoms with van der Waals surface area (Å²) in [6.07, 6.45) is 13.2. The van der Waals surface area contributed by atoms with Gasteiger partial charge in [0.1, 0.15) is 0 Å². The zero-order valence-corrected chi connectivity index (χ0v) is 55.0. The van der Waals surface area contributed by atoms with E-state index in [1.807, 2.05) is 110 Å². The molecule has 2 aliphatic carbocycles. The number of pyridine rings is 4. The fraction of sp³-hybridized carbons (Fsp3) is 0.200. The molecule has 2 radical (unpaired) electrons. The maximum absolute atomic E-state index is 4.81. The largest absolute Gasteiger partial charge is 0.304 e. The zero-order valence-electron chi connectivity index (χ0n) is 46.6. The molecule has 0 N–H and O–H groups in total. The van der Waals surface area contributed by atoms with Crippen LogP contribution >= 0.6 is 22.7 Å². The molecule has 14 rings (SSSR count). The van der Waals surface area contributed by atoms with E-state index >= 15 is 0 Å². The van der Waals surface area contributed by atoms with Gasteiger partial charge in [-0.15, -0.1) is 118 Å². The van der Waals surface area contributed by atoms with Crippen molar-refractivity contribution < 1.29 is 40.2 Å². The maximum Gasteiger partial charge on any atom is 0.0783 e. The number of fused-ring (bicyclic) bond motifs is 6. The molecule has 0 spiro atoms. The average molecular weight is 1470 g/mol. The van der Waals surface area contributed by atoms with Crippen molar-refractivity contribution in [2.75, 3.05) is 0 Å². The van der Waals surface area contributed by atoms with Gasteiger partial charge in [-0.05, 0) is 129 Å².